The number of carbonyl (C=O) groups is 1. The van der Waals surface area contributed by atoms with Crippen molar-refractivity contribution in [3.63, 3.8) is 0 Å². The molecule has 2 aliphatic heterocycles. The van der Waals surface area contributed by atoms with Gasteiger partial charge in [0.05, 0.1) is 11.5 Å². The summed E-state index contributed by atoms with van der Waals surface area (Å²) in [7, 11) is 6.31. The van der Waals surface area contributed by atoms with Gasteiger partial charge in [0.1, 0.15) is 0 Å². The van der Waals surface area contributed by atoms with E-state index in [0.29, 0.717) is 30.2 Å². The molecular weight excluding hydrogens is 819 g/mol. The maximum absolute atomic E-state index is 11.8. The summed E-state index contributed by atoms with van der Waals surface area (Å²) in [4.78, 5) is 21.1. The van der Waals surface area contributed by atoms with Gasteiger partial charge in [-0.05, 0) is 119 Å². The lowest BCUT2D eigenvalue weighted by Crippen LogP contribution is -2.45. The fourth-order valence-electron chi connectivity index (χ4n) is 6.01. The molecule has 1 aromatic carbocycles. The molecule has 2 saturated heterocycles. The number of piperidine rings is 1. The highest BCUT2D eigenvalue weighted by atomic mass is 16.2. The number of piperazine rings is 1. The largest absolute Gasteiger partial charge is 0.343 e. The van der Waals surface area contributed by atoms with Gasteiger partial charge in [0.25, 0.3) is 0 Å². The van der Waals surface area contributed by atoms with Gasteiger partial charge in [-0.15, -0.1) is 0 Å². The quantitative estimate of drug-likeness (QED) is 0.197. The summed E-state index contributed by atoms with van der Waals surface area (Å²) in [6.45, 7) is 56.7. The molecular formula is C61H125N5O. The van der Waals surface area contributed by atoms with Crippen molar-refractivity contribution >= 4 is 5.91 Å². The highest BCUT2D eigenvalue weighted by Crippen LogP contribution is 2.49. The van der Waals surface area contributed by atoms with Crippen LogP contribution in [0.15, 0.2) is 30.3 Å². The van der Waals surface area contributed by atoms with Gasteiger partial charge in [0.2, 0.25) is 5.91 Å². The molecule has 4 rings (SSSR count). The van der Waals surface area contributed by atoms with E-state index in [0.717, 1.165) is 80.7 Å². The first-order valence-electron chi connectivity index (χ1n) is 28.0. The number of amides is 1. The summed E-state index contributed by atoms with van der Waals surface area (Å²) in [5.74, 6) is 6.58. The van der Waals surface area contributed by atoms with Crippen LogP contribution in [0.2, 0.25) is 0 Å². The van der Waals surface area contributed by atoms with Crippen LogP contribution in [0.25, 0.3) is 0 Å². The number of nitrogens with zero attached hydrogens (tertiary/aromatic N) is 5. The Morgan fingerprint density at radius 3 is 1.24 bits per heavy atom. The van der Waals surface area contributed by atoms with Crippen LogP contribution < -0.4 is 0 Å². The Bertz CT molecular complexity index is 1150. The molecule has 0 N–H and O–H groups in total. The minimum atomic E-state index is 0.119. The van der Waals surface area contributed by atoms with Gasteiger partial charge in [-0.1, -0.05) is 208 Å². The number of carbonyl (C=O) groups excluding carboxylic acids is 1. The normalized spacial score (nSPS) is 15.5. The lowest BCUT2D eigenvalue weighted by molar-refractivity contribution is -0.133. The van der Waals surface area contributed by atoms with Gasteiger partial charge in [0.15, 0.2) is 0 Å². The first-order valence-corrected chi connectivity index (χ1v) is 28.0. The third kappa shape index (κ3) is 54.9. The second-order valence-corrected chi connectivity index (χ2v) is 22.9. The van der Waals surface area contributed by atoms with E-state index >= 15 is 0 Å². The molecule has 2 heterocycles. The minimum Gasteiger partial charge on any atom is -0.343 e. The van der Waals surface area contributed by atoms with E-state index in [9.17, 15) is 4.79 Å². The van der Waals surface area contributed by atoms with Crippen LogP contribution in [-0.4, -0.2) is 98.5 Å². The molecule has 0 unspecified atom stereocenters. The van der Waals surface area contributed by atoms with Gasteiger partial charge in [-0.3, -0.25) is 4.79 Å². The molecule has 0 bridgehead atoms. The topological polar surface area (TPSA) is 53.8 Å². The van der Waals surface area contributed by atoms with E-state index in [1.807, 2.05) is 25.8 Å². The van der Waals surface area contributed by atoms with Crippen LogP contribution in [0.4, 0.5) is 0 Å². The van der Waals surface area contributed by atoms with E-state index in [2.05, 4.69) is 204 Å². The maximum atomic E-state index is 11.8. The van der Waals surface area contributed by atoms with Crippen molar-refractivity contribution in [1.29, 1.82) is 5.26 Å². The molecule has 0 spiro atoms. The Labute approximate surface area is 424 Å². The van der Waals surface area contributed by atoms with Gasteiger partial charge in [-0.25, -0.2) is 0 Å². The zero-order chi connectivity index (χ0) is 53.1. The molecule has 67 heavy (non-hydrogen) atoms. The lowest BCUT2D eigenvalue weighted by Gasteiger charge is -2.35. The summed E-state index contributed by atoms with van der Waals surface area (Å²) >= 11 is 0. The fraction of sp³-hybridized carbons (Fsp3) is 0.869. The lowest BCUT2D eigenvalue weighted by atomic mass is 9.96. The Morgan fingerprint density at radius 1 is 0.597 bits per heavy atom. The number of nitriles is 1. The van der Waals surface area contributed by atoms with Crippen molar-refractivity contribution in [2.45, 2.75) is 229 Å². The summed E-state index contributed by atoms with van der Waals surface area (Å²) in [6, 6.07) is 13.5. The molecule has 6 nitrogen and oxygen atoms in total. The van der Waals surface area contributed by atoms with Crippen LogP contribution >= 0.6 is 0 Å². The molecule has 6 heteroatoms. The van der Waals surface area contributed by atoms with Crippen LogP contribution in [0.1, 0.15) is 222 Å². The van der Waals surface area contributed by atoms with E-state index in [1.165, 1.54) is 70.4 Å². The molecule has 1 saturated carbocycles. The van der Waals surface area contributed by atoms with Crippen LogP contribution in [-0.2, 0) is 11.2 Å². The maximum Gasteiger partial charge on any atom is 0.222 e. The number of hydrogen-bond donors (Lipinski definition) is 0. The fourth-order valence-corrected chi connectivity index (χ4v) is 6.01. The van der Waals surface area contributed by atoms with Gasteiger partial charge in [-0.2, -0.15) is 5.26 Å². The molecule has 1 amide bonds. The molecule has 0 radical (unpaired) electrons. The van der Waals surface area contributed by atoms with Crippen molar-refractivity contribution in [3.05, 3.63) is 35.9 Å². The predicted octanol–water partition coefficient (Wildman–Crippen LogP) is 16.9. The van der Waals surface area contributed by atoms with Gasteiger partial charge < -0.3 is 19.6 Å². The van der Waals surface area contributed by atoms with Crippen molar-refractivity contribution in [2.24, 2.45) is 52.8 Å². The third-order valence-electron chi connectivity index (χ3n) is 12.1. The summed E-state index contributed by atoms with van der Waals surface area (Å²) < 4.78 is 0. The van der Waals surface area contributed by atoms with Crippen LogP contribution in [0.5, 0.6) is 0 Å². The average Bonchev–Trinajstić information content (AvgIpc) is 4.05. The highest BCUT2D eigenvalue weighted by Gasteiger charge is 2.43. The number of rotatable bonds is 13. The first kappa shape index (κ1) is 74.0. The second-order valence-electron chi connectivity index (χ2n) is 22.9. The number of benzene rings is 1. The van der Waals surface area contributed by atoms with E-state index in [-0.39, 0.29) is 5.41 Å². The highest BCUT2D eigenvalue weighted by molar-refractivity contribution is 5.76. The molecule has 400 valence electrons. The Kier molecular flexibility index (Phi) is 52.7. The van der Waals surface area contributed by atoms with Gasteiger partial charge in [0, 0.05) is 52.2 Å². The minimum absolute atomic E-state index is 0.119. The average molecular weight is 945 g/mol. The van der Waals surface area contributed by atoms with E-state index in [1.54, 1.807) is 0 Å². The number of likely N-dealkylation sites (N-methyl/N-ethyl adjacent to an activating group) is 1. The molecule has 0 aromatic heterocycles. The van der Waals surface area contributed by atoms with Gasteiger partial charge >= 0.3 is 0 Å². The third-order valence-corrected chi connectivity index (χ3v) is 12.1. The first-order chi connectivity index (χ1) is 31.2. The summed E-state index contributed by atoms with van der Waals surface area (Å²) in [6.07, 6.45) is 12.7. The van der Waals surface area contributed by atoms with Crippen molar-refractivity contribution < 1.29 is 4.79 Å². The van der Waals surface area contributed by atoms with Crippen LogP contribution in [0.3, 0.4) is 0 Å². The molecule has 3 aliphatic rings. The standard InChI is InChI=1S/C12H24N2O.C10H14.C9H20N2.C8H13N.4C5H12.C2H6/c1-10(2)9-12(15)14(4)11-5-7-13(3)8-6-11;1-9(2)8-10-6-4-3-5-7-10;1-9(2)8-11-6-4-10(3)5-7-11;1-7(2)5-8(6-9)3-4-8;4*1-4-5(2)3;1-2/h10-11H,5-9H2,1-4H3;3-7,9H,8H2,1-2H3;9H,4-8H2,1-3H3;7H,3-5H2,1-2H3;4*5H,4H2,1-3H3;1-2H3. The smallest absolute Gasteiger partial charge is 0.222 e. The molecule has 1 aliphatic carbocycles. The number of hydrogen-bond acceptors (Lipinski definition) is 5. The summed E-state index contributed by atoms with van der Waals surface area (Å²) in [5.41, 5.74) is 1.56. The zero-order valence-electron chi connectivity index (χ0n) is 50.5. The van der Waals surface area contributed by atoms with Crippen molar-refractivity contribution in [1.82, 2.24) is 19.6 Å². The van der Waals surface area contributed by atoms with Crippen molar-refractivity contribution in [2.75, 3.05) is 67.0 Å². The van der Waals surface area contributed by atoms with E-state index < -0.39 is 0 Å². The van der Waals surface area contributed by atoms with Crippen LogP contribution in [0, 0.1) is 64.1 Å². The van der Waals surface area contributed by atoms with Crippen molar-refractivity contribution in [3.8, 4) is 6.07 Å². The number of likely N-dealkylation sites (tertiary alicyclic amines) is 1. The summed E-state index contributed by atoms with van der Waals surface area (Å²) in [5, 5.41) is 8.66. The Hall–Kier alpha value is -1.94. The molecule has 0 atom stereocenters. The predicted molar refractivity (Wildman–Crippen MR) is 305 cm³/mol. The Morgan fingerprint density at radius 2 is 0.970 bits per heavy atom. The monoisotopic (exact) mass is 944 g/mol. The Balaban J connectivity index is -0.000000225. The molecule has 1 aromatic rings. The van der Waals surface area contributed by atoms with E-state index in [4.69, 9.17) is 5.26 Å². The molecule has 3 fully saturated rings. The SMILES string of the molecule is CC.CC(C)CC(=O)N(C)C1CCN(C)CC1.CC(C)CC1(C#N)CC1.CC(C)CN1CCN(C)CC1.CC(C)Cc1ccccc1.CCC(C)C.CCC(C)C.CCC(C)C.CCC(C)C. The zero-order valence-corrected chi connectivity index (χ0v) is 50.5. The second kappa shape index (κ2) is 47.7.